The second-order valence-corrected chi connectivity index (χ2v) is 4.00. The molecule has 2 amide bonds. The largest absolute Gasteiger partial charge is 0.466 e. The monoisotopic (exact) mass is 241 g/mol. The summed E-state index contributed by atoms with van der Waals surface area (Å²) in [5.41, 5.74) is 7.00. The summed E-state index contributed by atoms with van der Waals surface area (Å²) in [5.74, 6) is -1.61. The predicted octanol–water partition coefficient (Wildman–Crippen LogP) is -0.0123. The van der Waals surface area contributed by atoms with Crippen LogP contribution in [0.3, 0.4) is 0 Å². The lowest BCUT2D eigenvalue weighted by atomic mass is 9.96. The zero-order chi connectivity index (χ0) is 12.8. The number of likely N-dealkylation sites (tertiary alicyclic amines) is 1. The van der Waals surface area contributed by atoms with E-state index in [0.29, 0.717) is 25.9 Å². The molecule has 95 valence electrons. The Balaban J connectivity index is 2.35. The van der Waals surface area contributed by atoms with Gasteiger partial charge in [-0.2, -0.15) is 0 Å². The summed E-state index contributed by atoms with van der Waals surface area (Å²) in [6, 6.07) is 0. The minimum Gasteiger partial charge on any atom is -0.466 e. The molecule has 1 N–H and O–H groups in total. The molecule has 1 aliphatic heterocycles. The third-order valence-electron chi connectivity index (χ3n) is 2.82. The summed E-state index contributed by atoms with van der Waals surface area (Å²) in [7, 11) is 0. The van der Waals surface area contributed by atoms with Gasteiger partial charge in [-0.1, -0.05) is 0 Å². The van der Waals surface area contributed by atoms with Gasteiger partial charge in [0.1, 0.15) is 6.42 Å². The smallest absolute Gasteiger partial charge is 0.315 e. The molecule has 0 aromatic heterocycles. The van der Waals surface area contributed by atoms with E-state index >= 15 is 0 Å². The molecule has 0 atom stereocenters. The Hall–Kier alpha value is -1.59. The molecule has 0 unspecified atom stereocenters. The van der Waals surface area contributed by atoms with Crippen molar-refractivity contribution in [2.45, 2.75) is 26.2 Å². The fourth-order valence-corrected chi connectivity index (χ4v) is 1.84. The molecule has 6 nitrogen and oxygen atoms in total. The van der Waals surface area contributed by atoms with Crippen molar-refractivity contribution < 1.29 is 19.1 Å². The van der Waals surface area contributed by atoms with Crippen LogP contribution in [0.4, 0.5) is 0 Å². The van der Waals surface area contributed by atoms with Crippen LogP contribution in [-0.4, -0.2) is 42.4 Å². The molecule has 0 spiro atoms. The van der Waals surface area contributed by atoms with Crippen LogP contribution in [-0.2, 0) is 19.1 Å². The molecule has 0 saturated carbocycles. The summed E-state index contributed by atoms with van der Waals surface area (Å²) in [5, 5.41) is 0. The molecule has 1 fully saturated rings. The first-order chi connectivity index (χ1) is 8.04. The second-order valence-electron chi connectivity index (χ2n) is 4.00. The maximum atomic E-state index is 11.7. The van der Waals surface area contributed by atoms with Crippen LogP contribution in [0.2, 0.25) is 0 Å². The number of carbonyl (C=O) groups is 3. The Morgan fingerprint density at radius 3 is 2.35 bits per heavy atom. The van der Waals surface area contributed by atoms with E-state index in [9.17, 15) is 14.4 Å². The standard InChI is InChI=1S/C11H17N2O4/c1-2-17-10(15)7-9(14)13-5-3-8(4-6-13)11(12)16/h8,12H,2-7H2,1H3. The van der Waals surface area contributed by atoms with Crippen molar-refractivity contribution >= 4 is 17.8 Å². The number of nitrogens with zero attached hydrogens (tertiary/aromatic N) is 1. The van der Waals surface area contributed by atoms with Gasteiger partial charge in [-0.3, -0.25) is 20.1 Å². The fraction of sp³-hybridized carbons (Fsp3) is 0.727. The highest BCUT2D eigenvalue weighted by atomic mass is 16.5. The summed E-state index contributed by atoms with van der Waals surface area (Å²) in [4.78, 5) is 35.1. The van der Waals surface area contributed by atoms with E-state index in [-0.39, 0.29) is 24.9 Å². The molecule has 0 aromatic rings. The number of esters is 1. The lowest BCUT2D eigenvalue weighted by molar-refractivity contribution is -0.149. The van der Waals surface area contributed by atoms with Crippen LogP contribution < -0.4 is 5.73 Å². The first kappa shape index (κ1) is 13.5. The van der Waals surface area contributed by atoms with Crippen molar-refractivity contribution in [2.24, 2.45) is 5.92 Å². The van der Waals surface area contributed by atoms with Gasteiger partial charge < -0.3 is 9.64 Å². The maximum Gasteiger partial charge on any atom is 0.315 e. The van der Waals surface area contributed by atoms with Crippen LogP contribution in [0.15, 0.2) is 0 Å². The quantitative estimate of drug-likeness (QED) is 0.511. The summed E-state index contributed by atoms with van der Waals surface area (Å²) in [6.07, 6.45) is 0.779. The van der Waals surface area contributed by atoms with Gasteiger partial charge in [-0.05, 0) is 19.8 Å². The van der Waals surface area contributed by atoms with Crippen LogP contribution in [0.25, 0.3) is 0 Å². The van der Waals surface area contributed by atoms with E-state index < -0.39 is 11.9 Å². The third-order valence-corrected chi connectivity index (χ3v) is 2.82. The van der Waals surface area contributed by atoms with Gasteiger partial charge in [0.25, 0.3) is 0 Å². The number of amides is 2. The third kappa shape index (κ3) is 4.05. The van der Waals surface area contributed by atoms with Crippen LogP contribution in [0.1, 0.15) is 26.2 Å². The van der Waals surface area contributed by atoms with Gasteiger partial charge in [0.15, 0.2) is 0 Å². The minimum atomic E-state index is -0.567. The molecule has 1 aliphatic rings. The molecule has 17 heavy (non-hydrogen) atoms. The average molecular weight is 241 g/mol. The van der Waals surface area contributed by atoms with E-state index in [1.807, 2.05) is 0 Å². The molecule has 6 heteroatoms. The average Bonchev–Trinajstić information content (AvgIpc) is 2.29. The van der Waals surface area contributed by atoms with Gasteiger partial charge in [-0.25, -0.2) is 0 Å². The van der Waals surface area contributed by atoms with Gasteiger partial charge in [0, 0.05) is 19.0 Å². The number of rotatable bonds is 4. The van der Waals surface area contributed by atoms with Crippen molar-refractivity contribution in [1.29, 1.82) is 0 Å². The van der Waals surface area contributed by atoms with Crippen molar-refractivity contribution in [3.63, 3.8) is 0 Å². The van der Waals surface area contributed by atoms with Gasteiger partial charge in [0.05, 0.1) is 6.61 Å². The van der Waals surface area contributed by atoms with E-state index in [1.165, 1.54) is 0 Å². The Kier molecular flexibility index (Phi) is 4.93. The van der Waals surface area contributed by atoms with Crippen LogP contribution in [0.5, 0.6) is 0 Å². The molecule has 1 rings (SSSR count). The zero-order valence-corrected chi connectivity index (χ0v) is 9.90. The molecular weight excluding hydrogens is 224 g/mol. The molecular formula is C11H17N2O4. The first-order valence-corrected chi connectivity index (χ1v) is 5.73. The van der Waals surface area contributed by atoms with Gasteiger partial charge in [0.2, 0.25) is 11.8 Å². The van der Waals surface area contributed by atoms with E-state index in [4.69, 9.17) is 10.5 Å². The highest BCUT2D eigenvalue weighted by Gasteiger charge is 2.27. The number of carbonyl (C=O) groups excluding carboxylic acids is 3. The number of nitrogens with one attached hydrogen (secondary N) is 1. The lowest BCUT2D eigenvalue weighted by Crippen LogP contribution is -2.41. The second kappa shape index (κ2) is 6.22. The van der Waals surface area contributed by atoms with Crippen molar-refractivity contribution in [2.75, 3.05) is 19.7 Å². The van der Waals surface area contributed by atoms with Gasteiger partial charge in [-0.15, -0.1) is 0 Å². The molecule has 1 radical (unpaired) electrons. The fourth-order valence-electron chi connectivity index (χ4n) is 1.84. The SMILES string of the molecule is CCOC(=O)CC(=O)N1CCC(C([NH])=O)CC1. The summed E-state index contributed by atoms with van der Waals surface area (Å²) < 4.78 is 4.69. The Morgan fingerprint density at radius 2 is 1.88 bits per heavy atom. The summed E-state index contributed by atoms with van der Waals surface area (Å²) in [6.45, 7) is 2.83. The van der Waals surface area contributed by atoms with Crippen molar-refractivity contribution in [3.8, 4) is 0 Å². The van der Waals surface area contributed by atoms with E-state index in [0.717, 1.165) is 0 Å². The predicted molar refractivity (Wildman–Crippen MR) is 58.7 cm³/mol. The number of hydrogen-bond acceptors (Lipinski definition) is 4. The Morgan fingerprint density at radius 1 is 1.29 bits per heavy atom. The normalized spacial score (nSPS) is 16.6. The van der Waals surface area contributed by atoms with Crippen LogP contribution in [0, 0.1) is 5.92 Å². The highest BCUT2D eigenvalue weighted by molar-refractivity contribution is 5.94. The van der Waals surface area contributed by atoms with Gasteiger partial charge >= 0.3 is 5.97 Å². The summed E-state index contributed by atoms with van der Waals surface area (Å²) >= 11 is 0. The van der Waals surface area contributed by atoms with Crippen molar-refractivity contribution in [3.05, 3.63) is 0 Å². The number of ether oxygens (including phenoxy) is 1. The first-order valence-electron chi connectivity index (χ1n) is 5.73. The molecule has 1 saturated heterocycles. The topological polar surface area (TPSA) is 87.5 Å². The van der Waals surface area contributed by atoms with Crippen molar-refractivity contribution in [1.82, 2.24) is 10.6 Å². The molecule has 1 heterocycles. The lowest BCUT2D eigenvalue weighted by Gasteiger charge is -2.30. The Labute approximate surface area is 100 Å². The number of piperidine rings is 1. The zero-order valence-electron chi connectivity index (χ0n) is 9.90. The molecule has 0 bridgehead atoms. The van der Waals surface area contributed by atoms with E-state index in [2.05, 4.69) is 0 Å². The maximum absolute atomic E-state index is 11.7. The highest BCUT2D eigenvalue weighted by Crippen LogP contribution is 2.17. The molecule has 0 aromatic carbocycles. The number of hydrogen-bond donors (Lipinski definition) is 0. The minimum absolute atomic E-state index is 0.243. The Bertz CT molecular complexity index is 309. The molecule has 0 aliphatic carbocycles. The van der Waals surface area contributed by atoms with Crippen LogP contribution >= 0.6 is 0 Å². The van der Waals surface area contributed by atoms with E-state index in [1.54, 1.807) is 11.8 Å².